The molecule has 0 aliphatic heterocycles. The Bertz CT molecular complexity index is 581. The molecule has 1 aromatic carbocycles. The van der Waals surface area contributed by atoms with Crippen molar-refractivity contribution in [3.63, 3.8) is 0 Å². The highest BCUT2D eigenvalue weighted by Gasteiger charge is 2.13. The molecule has 6 heteroatoms. The summed E-state index contributed by atoms with van der Waals surface area (Å²) < 4.78 is 0.847. The molecule has 0 atom stereocenters. The van der Waals surface area contributed by atoms with E-state index < -0.39 is 0 Å². The second kappa shape index (κ2) is 6.16. The highest BCUT2D eigenvalue weighted by Crippen LogP contribution is 2.34. The van der Waals surface area contributed by atoms with Crippen molar-refractivity contribution in [1.29, 1.82) is 0 Å². The summed E-state index contributed by atoms with van der Waals surface area (Å²) in [5, 5.41) is 9.10. The van der Waals surface area contributed by atoms with E-state index in [0.29, 0.717) is 6.42 Å². The molecule has 0 saturated carbocycles. The highest BCUT2D eigenvalue weighted by molar-refractivity contribution is 8.01. The minimum Gasteiger partial charge on any atom is -0.353 e. The Balaban J connectivity index is 2.25. The van der Waals surface area contributed by atoms with E-state index in [0.717, 1.165) is 19.9 Å². The predicted molar refractivity (Wildman–Crippen MR) is 79.4 cm³/mol. The van der Waals surface area contributed by atoms with Crippen molar-refractivity contribution in [3.05, 3.63) is 29.8 Å². The second-order valence-corrected chi connectivity index (χ2v) is 6.36. The molecule has 1 aromatic heterocycles. The number of ketones is 1. The van der Waals surface area contributed by atoms with Gasteiger partial charge < -0.3 is 4.90 Å². The summed E-state index contributed by atoms with van der Waals surface area (Å²) >= 11 is 3.01. The first-order valence-electron chi connectivity index (χ1n) is 5.92. The smallest absolute Gasteiger partial charge is 0.208 e. The summed E-state index contributed by atoms with van der Waals surface area (Å²) in [4.78, 5) is 14.7. The molecule has 0 saturated heterocycles. The number of Topliss-reactive ketones (excluding diaryl/α,β-unsaturated/α-hetero) is 1. The molecule has 2 rings (SSSR count). The van der Waals surface area contributed by atoms with Gasteiger partial charge in [0.15, 0.2) is 10.1 Å². The Morgan fingerprint density at radius 2 is 2.05 bits per heavy atom. The molecule has 4 nitrogen and oxygen atoms in total. The maximum atomic E-state index is 11.9. The van der Waals surface area contributed by atoms with E-state index in [2.05, 4.69) is 10.2 Å². The van der Waals surface area contributed by atoms with Gasteiger partial charge in [-0.3, -0.25) is 4.79 Å². The zero-order valence-corrected chi connectivity index (χ0v) is 12.7. The molecular formula is C13H15N3OS2. The van der Waals surface area contributed by atoms with Crippen LogP contribution in [0.25, 0.3) is 0 Å². The minimum absolute atomic E-state index is 0.153. The average molecular weight is 293 g/mol. The molecular weight excluding hydrogens is 278 g/mol. The molecule has 0 bridgehead atoms. The third kappa shape index (κ3) is 3.33. The fourth-order valence-electron chi connectivity index (χ4n) is 1.50. The van der Waals surface area contributed by atoms with E-state index in [4.69, 9.17) is 0 Å². The van der Waals surface area contributed by atoms with Gasteiger partial charge in [-0.25, -0.2) is 0 Å². The third-order valence-corrected chi connectivity index (χ3v) is 4.70. The van der Waals surface area contributed by atoms with Crippen LogP contribution in [0.15, 0.2) is 33.5 Å². The maximum absolute atomic E-state index is 11.9. The minimum atomic E-state index is 0.153. The number of hydrogen-bond donors (Lipinski definition) is 0. The van der Waals surface area contributed by atoms with Gasteiger partial charge in [0.05, 0.1) is 0 Å². The van der Waals surface area contributed by atoms with Gasteiger partial charge in [-0.05, 0) is 6.07 Å². The fraction of sp³-hybridized carbons (Fsp3) is 0.308. The van der Waals surface area contributed by atoms with Gasteiger partial charge in [0, 0.05) is 31.0 Å². The Morgan fingerprint density at radius 1 is 1.32 bits per heavy atom. The van der Waals surface area contributed by atoms with Crippen molar-refractivity contribution in [3.8, 4) is 0 Å². The first-order valence-corrected chi connectivity index (χ1v) is 7.56. The Labute approximate surface area is 120 Å². The van der Waals surface area contributed by atoms with Crippen LogP contribution >= 0.6 is 23.1 Å². The van der Waals surface area contributed by atoms with Gasteiger partial charge >= 0.3 is 0 Å². The van der Waals surface area contributed by atoms with Crippen LogP contribution in [0, 0.1) is 0 Å². The van der Waals surface area contributed by atoms with Gasteiger partial charge in [0.2, 0.25) is 5.13 Å². The summed E-state index contributed by atoms with van der Waals surface area (Å²) in [5.41, 5.74) is 0.761. The Hall–Kier alpha value is -1.40. The molecule has 100 valence electrons. The van der Waals surface area contributed by atoms with Gasteiger partial charge in [-0.1, -0.05) is 48.2 Å². The molecule has 0 N–H and O–H groups in total. The molecule has 1 heterocycles. The summed E-state index contributed by atoms with van der Waals surface area (Å²) in [6.45, 7) is 1.87. The maximum Gasteiger partial charge on any atom is 0.208 e. The first-order chi connectivity index (χ1) is 9.11. The van der Waals surface area contributed by atoms with Crippen molar-refractivity contribution >= 4 is 34.0 Å². The lowest BCUT2D eigenvalue weighted by Crippen LogP contribution is -2.07. The zero-order valence-electron chi connectivity index (χ0n) is 11.1. The lowest BCUT2D eigenvalue weighted by atomic mass is 10.1. The van der Waals surface area contributed by atoms with Crippen LogP contribution in [0.4, 0.5) is 5.13 Å². The van der Waals surface area contributed by atoms with E-state index in [1.54, 1.807) is 0 Å². The zero-order chi connectivity index (χ0) is 13.8. The number of rotatable bonds is 5. The van der Waals surface area contributed by atoms with E-state index in [1.807, 2.05) is 50.2 Å². The summed E-state index contributed by atoms with van der Waals surface area (Å²) in [7, 11) is 3.87. The predicted octanol–water partition coefficient (Wildman–Crippen LogP) is 3.35. The summed E-state index contributed by atoms with van der Waals surface area (Å²) in [6.07, 6.45) is 0.511. The van der Waals surface area contributed by atoms with Crippen LogP contribution in [-0.2, 0) is 0 Å². The van der Waals surface area contributed by atoms with E-state index in [1.165, 1.54) is 23.1 Å². The SMILES string of the molecule is CCC(=O)c1ccccc1Sc1nnc(N(C)C)s1. The van der Waals surface area contributed by atoms with Gasteiger partial charge in [-0.15, -0.1) is 10.2 Å². The van der Waals surface area contributed by atoms with Crippen LogP contribution in [0.1, 0.15) is 23.7 Å². The topological polar surface area (TPSA) is 46.1 Å². The number of anilines is 1. The number of aromatic nitrogens is 2. The van der Waals surface area contributed by atoms with Gasteiger partial charge in [0.25, 0.3) is 0 Å². The second-order valence-electron chi connectivity index (χ2n) is 4.12. The third-order valence-electron chi connectivity index (χ3n) is 2.48. The molecule has 19 heavy (non-hydrogen) atoms. The molecule has 0 aliphatic carbocycles. The van der Waals surface area contributed by atoms with Crippen molar-refractivity contribution in [1.82, 2.24) is 10.2 Å². The fourth-order valence-corrected chi connectivity index (χ4v) is 3.36. The van der Waals surface area contributed by atoms with E-state index in [-0.39, 0.29) is 5.78 Å². The quantitative estimate of drug-likeness (QED) is 0.791. The highest BCUT2D eigenvalue weighted by atomic mass is 32.2. The first kappa shape index (κ1) is 14.0. The van der Waals surface area contributed by atoms with Crippen LogP contribution < -0.4 is 4.90 Å². The average Bonchev–Trinajstić information content (AvgIpc) is 2.87. The number of hydrogen-bond acceptors (Lipinski definition) is 6. The van der Waals surface area contributed by atoms with Crippen LogP contribution in [0.5, 0.6) is 0 Å². The monoisotopic (exact) mass is 293 g/mol. The lowest BCUT2D eigenvalue weighted by molar-refractivity contribution is 0.0985. The Kier molecular flexibility index (Phi) is 4.55. The molecule has 0 amide bonds. The van der Waals surface area contributed by atoms with Gasteiger partial charge in [-0.2, -0.15) is 0 Å². The molecule has 0 fully saturated rings. The molecule has 0 unspecified atom stereocenters. The normalized spacial score (nSPS) is 10.5. The largest absolute Gasteiger partial charge is 0.353 e. The number of benzene rings is 1. The molecule has 0 aliphatic rings. The summed E-state index contributed by atoms with van der Waals surface area (Å²) in [6, 6.07) is 7.63. The molecule has 2 aromatic rings. The number of carbonyl (C=O) groups excluding carboxylic acids is 1. The van der Waals surface area contributed by atoms with Crippen LogP contribution in [-0.4, -0.2) is 30.1 Å². The number of nitrogens with zero attached hydrogens (tertiary/aromatic N) is 3. The van der Waals surface area contributed by atoms with Gasteiger partial charge in [0.1, 0.15) is 0 Å². The summed E-state index contributed by atoms with van der Waals surface area (Å²) in [5.74, 6) is 0.153. The van der Waals surface area contributed by atoms with E-state index >= 15 is 0 Å². The van der Waals surface area contributed by atoms with Crippen molar-refractivity contribution in [2.45, 2.75) is 22.6 Å². The molecule has 0 spiro atoms. The van der Waals surface area contributed by atoms with Crippen molar-refractivity contribution in [2.24, 2.45) is 0 Å². The lowest BCUT2D eigenvalue weighted by Gasteiger charge is -2.05. The molecule has 0 radical (unpaired) electrons. The van der Waals surface area contributed by atoms with E-state index in [9.17, 15) is 4.79 Å². The van der Waals surface area contributed by atoms with Crippen LogP contribution in [0.3, 0.4) is 0 Å². The standard InChI is InChI=1S/C13H15N3OS2/c1-4-10(17)9-7-5-6-8-11(9)18-13-15-14-12(19-13)16(2)3/h5-8H,4H2,1-3H3. The number of carbonyl (C=O) groups is 1. The Morgan fingerprint density at radius 3 is 2.68 bits per heavy atom. The van der Waals surface area contributed by atoms with Crippen LogP contribution in [0.2, 0.25) is 0 Å². The van der Waals surface area contributed by atoms with Crippen molar-refractivity contribution in [2.75, 3.05) is 19.0 Å². The van der Waals surface area contributed by atoms with Crippen molar-refractivity contribution < 1.29 is 4.79 Å².